The Labute approximate surface area is 133 Å². The van der Waals surface area contributed by atoms with Crippen molar-refractivity contribution in [3.8, 4) is 0 Å². The summed E-state index contributed by atoms with van der Waals surface area (Å²) in [4.78, 5) is 26.3. The third-order valence-corrected chi connectivity index (χ3v) is 5.62. The van der Waals surface area contributed by atoms with E-state index in [9.17, 15) is 14.7 Å². The summed E-state index contributed by atoms with van der Waals surface area (Å²) < 4.78 is 5.75. The SMILES string of the molecule is Cc1c(C(=O)N2C[C@@H]3CCC[C@@]3(C(=O)O)C2)oc2ccccc12. The van der Waals surface area contributed by atoms with Crippen molar-refractivity contribution < 1.29 is 19.1 Å². The van der Waals surface area contributed by atoms with E-state index in [1.54, 1.807) is 4.90 Å². The van der Waals surface area contributed by atoms with Gasteiger partial charge in [-0.15, -0.1) is 0 Å². The number of hydrogen-bond donors (Lipinski definition) is 1. The fraction of sp³-hybridized carbons (Fsp3) is 0.444. The highest BCUT2D eigenvalue weighted by Gasteiger charge is 2.56. The minimum Gasteiger partial charge on any atom is -0.481 e. The number of benzene rings is 1. The van der Waals surface area contributed by atoms with Gasteiger partial charge in [0, 0.05) is 24.0 Å². The van der Waals surface area contributed by atoms with Crippen molar-refractivity contribution in [3.63, 3.8) is 0 Å². The Kier molecular flexibility index (Phi) is 3.01. The normalized spacial score (nSPS) is 26.7. The maximum atomic E-state index is 12.9. The van der Waals surface area contributed by atoms with Gasteiger partial charge in [0.1, 0.15) is 5.58 Å². The van der Waals surface area contributed by atoms with Crippen LogP contribution in [0.4, 0.5) is 0 Å². The third kappa shape index (κ3) is 1.92. The van der Waals surface area contributed by atoms with E-state index < -0.39 is 11.4 Å². The molecule has 2 aliphatic rings. The van der Waals surface area contributed by atoms with Crippen molar-refractivity contribution in [1.29, 1.82) is 0 Å². The Bertz CT molecular complexity index is 808. The zero-order valence-electron chi connectivity index (χ0n) is 13.0. The van der Waals surface area contributed by atoms with Gasteiger partial charge in [-0.1, -0.05) is 24.6 Å². The fourth-order valence-corrected chi connectivity index (χ4v) is 4.32. The van der Waals surface area contributed by atoms with Gasteiger partial charge in [-0.25, -0.2) is 0 Å². The number of carbonyl (C=O) groups excluding carboxylic acids is 1. The Morgan fingerprint density at radius 2 is 2.13 bits per heavy atom. The van der Waals surface area contributed by atoms with E-state index in [2.05, 4.69) is 0 Å². The monoisotopic (exact) mass is 313 g/mol. The molecule has 1 aromatic heterocycles. The van der Waals surface area contributed by atoms with E-state index in [1.807, 2.05) is 31.2 Å². The molecule has 5 heteroatoms. The highest BCUT2D eigenvalue weighted by molar-refractivity contribution is 5.99. The molecular formula is C18H19NO4. The highest BCUT2D eigenvalue weighted by Crippen LogP contribution is 2.49. The second-order valence-corrected chi connectivity index (χ2v) is 6.79. The lowest BCUT2D eigenvalue weighted by Gasteiger charge is -2.23. The molecule has 4 rings (SSSR count). The van der Waals surface area contributed by atoms with Gasteiger partial charge < -0.3 is 14.4 Å². The van der Waals surface area contributed by atoms with Crippen molar-refractivity contribution in [3.05, 3.63) is 35.6 Å². The standard InChI is InChI=1S/C18H19NO4/c1-11-13-6-2-3-7-14(13)23-15(11)16(20)19-9-12-5-4-8-18(12,10-19)17(21)22/h2-3,6-7,12H,4-5,8-10H2,1H3,(H,21,22)/t12-,18+/m0/s1. The molecule has 1 amide bonds. The molecule has 0 bridgehead atoms. The van der Waals surface area contributed by atoms with E-state index in [0.717, 1.165) is 23.8 Å². The summed E-state index contributed by atoms with van der Waals surface area (Å²) in [6, 6.07) is 7.57. The number of carbonyl (C=O) groups is 2. The summed E-state index contributed by atoms with van der Waals surface area (Å²) in [6.07, 6.45) is 2.48. The number of rotatable bonds is 2. The number of hydrogen-bond acceptors (Lipinski definition) is 3. The zero-order valence-corrected chi connectivity index (χ0v) is 13.0. The molecule has 1 N–H and O–H groups in total. The topological polar surface area (TPSA) is 70.8 Å². The lowest BCUT2D eigenvalue weighted by molar-refractivity contribution is -0.149. The van der Waals surface area contributed by atoms with E-state index >= 15 is 0 Å². The molecule has 1 aliphatic heterocycles. The number of furan rings is 1. The second kappa shape index (κ2) is 4.85. The maximum Gasteiger partial charge on any atom is 0.311 e. The lowest BCUT2D eigenvalue weighted by atomic mass is 9.81. The van der Waals surface area contributed by atoms with Gasteiger partial charge in [0.2, 0.25) is 0 Å². The minimum atomic E-state index is -0.767. The Morgan fingerprint density at radius 3 is 2.83 bits per heavy atom. The molecule has 1 aliphatic carbocycles. The smallest absolute Gasteiger partial charge is 0.311 e. The number of aryl methyl sites for hydroxylation is 1. The molecule has 1 saturated heterocycles. The number of nitrogens with zero attached hydrogens (tertiary/aromatic N) is 1. The number of carboxylic acids is 1. The summed E-state index contributed by atoms with van der Waals surface area (Å²) in [5.74, 6) is -0.550. The van der Waals surface area contributed by atoms with Crippen molar-refractivity contribution in [1.82, 2.24) is 4.90 Å². The number of aliphatic carboxylic acids is 1. The first-order valence-electron chi connectivity index (χ1n) is 8.04. The fourth-order valence-electron chi connectivity index (χ4n) is 4.32. The van der Waals surface area contributed by atoms with Gasteiger partial charge >= 0.3 is 5.97 Å². The number of amides is 1. The van der Waals surface area contributed by atoms with Gasteiger partial charge in [-0.3, -0.25) is 9.59 Å². The van der Waals surface area contributed by atoms with Crippen LogP contribution in [0.3, 0.4) is 0 Å². The molecule has 2 fully saturated rings. The summed E-state index contributed by atoms with van der Waals surface area (Å²) >= 11 is 0. The summed E-state index contributed by atoms with van der Waals surface area (Å²) in [6.45, 7) is 2.69. The van der Waals surface area contributed by atoms with E-state index in [4.69, 9.17) is 4.42 Å². The molecule has 0 unspecified atom stereocenters. The zero-order chi connectivity index (χ0) is 16.2. The van der Waals surface area contributed by atoms with E-state index in [-0.39, 0.29) is 11.8 Å². The largest absolute Gasteiger partial charge is 0.481 e. The summed E-state index contributed by atoms with van der Waals surface area (Å²) in [5.41, 5.74) is 0.767. The average molecular weight is 313 g/mol. The second-order valence-electron chi connectivity index (χ2n) is 6.79. The van der Waals surface area contributed by atoms with Crippen LogP contribution in [0.25, 0.3) is 11.0 Å². The van der Waals surface area contributed by atoms with Gasteiger partial charge in [-0.05, 0) is 31.7 Å². The molecule has 1 aromatic carbocycles. The van der Waals surface area contributed by atoms with Crippen LogP contribution in [0.15, 0.2) is 28.7 Å². The first-order chi connectivity index (χ1) is 11.0. The van der Waals surface area contributed by atoms with Crippen LogP contribution < -0.4 is 0 Å². The molecule has 2 heterocycles. The van der Waals surface area contributed by atoms with Crippen LogP contribution in [0.5, 0.6) is 0 Å². The van der Waals surface area contributed by atoms with Crippen molar-refractivity contribution in [2.45, 2.75) is 26.2 Å². The number of likely N-dealkylation sites (tertiary alicyclic amines) is 1. The van der Waals surface area contributed by atoms with Gasteiger partial charge in [0.25, 0.3) is 5.91 Å². The van der Waals surface area contributed by atoms with Crippen LogP contribution in [-0.4, -0.2) is 35.0 Å². The average Bonchev–Trinajstić information content (AvgIpc) is 3.18. The van der Waals surface area contributed by atoms with Gasteiger partial charge in [0.05, 0.1) is 5.41 Å². The molecular weight excluding hydrogens is 294 g/mol. The number of carboxylic acid groups (broad SMARTS) is 1. The van der Waals surface area contributed by atoms with Crippen molar-refractivity contribution in [2.24, 2.45) is 11.3 Å². The van der Waals surface area contributed by atoms with Gasteiger partial charge in [0.15, 0.2) is 5.76 Å². The molecule has 120 valence electrons. The molecule has 2 atom stereocenters. The van der Waals surface area contributed by atoms with Crippen LogP contribution in [-0.2, 0) is 4.79 Å². The first kappa shape index (κ1) is 14.3. The Hall–Kier alpha value is -2.30. The van der Waals surface area contributed by atoms with Crippen LogP contribution in [0.1, 0.15) is 35.4 Å². The minimum absolute atomic E-state index is 0.0636. The molecule has 5 nitrogen and oxygen atoms in total. The van der Waals surface area contributed by atoms with Crippen LogP contribution >= 0.6 is 0 Å². The third-order valence-electron chi connectivity index (χ3n) is 5.62. The molecule has 1 saturated carbocycles. The molecule has 2 aromatic rings. The lowest BCUT2D eigenvalue weighted by Crippen LogP contribution is -2.37. The molecule has 0 radical (unpaired) electrons. The highest BCUT2D eigenvalue weighted by atomic mass is 16.4. The van der Waals surface area contributed by atoms with Crippen molar-refractivity contribution >= 4 is 22.8 Å². The number of para-hydroxylation sites is 1. The predicted octanol–water partition coefficient (Wildman–Crippen LogP) is 3.07. The van der Waals surface area contributed by atoms with E-state index in [1.165, 1.54) is 0 Å². The Balaban J connectivity index is 1.67. The quantitative estimate of drug-likeness (QED) is 0.925. The first-order valence-corrected chi connectivity index (χ1v) is 8.04. The van der Waals surface area contributed by atoms with Crippen LogP contribution in [0.2, 0.25) is 0 Å². The Morgan fingerprint density at radius 1 is 1.35 bits per heavy atom. The maximum absolute atomic E-state index is 12.9. The number of fused-ring (bicyclic) bond motifs is 2. The van der Waals surface area contributed by atoms with Crippen molar-refractivity contribution in [2.75, 3.05) is 13.1 Å². The molecule has 0 spiro atoms. The summed E-state index contributed by atoms with van der Waals surface area (Å²) in [5, 5.41) is 10.6. The summed E-state index contributed by atoms with van der Waals surface area (Å²) in [7, 11) is 0. The molecule has 23 heavy (non-hydrogen) atoms. The van der Waals surface area contributed by atoms with E-state index in [0.29, 0.717) is 30.9 Å². The van der Waals surface area contributed by atoms with Crippen LogP contribution in [0, 0.1) is 18.3 Å². The van der Waals surface area contributed by atoms with Gasteiger partial charge in [-0.2, -0.15) is 0 Å². The predicted molar refractivity (Wildman–Crippen MR) is 84.3 cm³/mol.